The van der Waals surface area contributed by atoms with Crippen molar-refractivity contribution in [2.45, 2.75) is 57.3 Å². The molecule has 2 heteroatoms. The molecule has 104 valence electrons. The average Bonchev–Trinajstić information content (AvgIpc) is 2.47. The van der Waals surface area contributed by atoms with Crippen molar-refractivity contribution in [3.8, 4) is 5.75 Å². The minimum absolute atomic E-state index is 0.325. The van der Waals surface area contributed by atoms with Crippen LogP contribution in [0, 0.1) is 0 Å². The molecule has 0 spiro atoms. The third-order valence-electron chi connectivity index (χ3n) is 4.40. The molecule has 1 aromatic rings. The minimum Gasteiger partial charge on any atom is -0.496 e. The molecule has 0 unspecified atom stereocenters. The number of hydrogen-bond acceptors (Lipinski definition) is 2. The second kappa shape index (κ2) is 5.77. The highest BCUT2D eigenvalue weighted by Gasteiger charge is 2.36. The average molecular weight is 260 g/mol. The molecule has 1 saturated carbocycles. The Bertz CT molecular complexity index is 443. The predicted molar refractivity (Wildman–Crippen MR) is 77.9 cm³/mol. The molecular formula is C17H24O2. The summed E-state index contributed by atoms with van der Waals surface area (Å²) in [6, 6.07) is 6.31. The highest BCUT2D eigenvalue weighted by atomic mass is 16.5. The summed E-state index contributed by atoms with van der Waals surface area (Å²) in [6.07, 6.45) is 6.57. The van der Waals surface area contributed by atoms with E-state index < -0.39 is 0 Å². The zero-order valence-electron chi connectivity index (χ0n) is 12.2. The largest absolute Gasteiger partial charge is 0.496 e. The molecule has 0 aromatic heterocycles. The Morgan fingerprint density at radius 2 is 1.89 bits per heavy atom. The van der Waals surface area contributed by atoms with Gasteiger partial charge in [0.2, 0.25) is 0 Å². The van der Waals surface area contributed by atoms with E-state index in [-0.39, 0.29) is 5.41 Å². The summed E-state index contributed by atoms with van der Waals surface area (Å²) in [5.41, 5.74) is 2.05. The van der Waals surface area contributed by atoms with Gasteiger partial charge in [-0.15, -0.1) is 0 Å². The Balaban J connectivity index is 2.50. The van der Waals surface area contributed by atoms with Crippen molar-refractivity contribution < 1.29 is 9.53 Å². The molecule has 0 bridgehead atoms. The van der Waals surface area contributed by atoms with Crippen LogP contribution in [0.4, 0.5) is 0 Å². The molecule has 0 atom stereocenters. The van der Waals surface area contributed by atoms with Crippen molar-refractivity contribution in [3.05, 3.63) is 29.3 Å². The van der Waals surface area contributed by atoms with E-state index in [0.29, 0.717) is 5.92 Å². The van der Waals surface area contributed by atoms with Crippen molar-refractivity contribution in [1.82, 2.24) is 0 Å². The van der Waals surface area contributed by atoms with Gasteiger partial charge < -0.3 is 9.53 Å². The molecule has 19 heavy (non-hydrogen) atoms. The Morgan fingerprint density at radius 1 is 1.21 bits per heavy atom. The highest BCUT2D eigenvalue weighted by Crippen LogP contribution is 2.42. The van der Waals surface area contributed by atoms with Crippen molar-refractivity contribution >= 4 is 6.29 Å². The van der Waals surface area contributed by atoms with E-state index in [1.54, 1.807) is 7.11 Å². The van der Waals surface area contributed by atoms with E-state index in [9.17, 15) is 4.79 Å². The maximum Gasteiger partial charge on any atom is 0.130 e. The molecule has 0 aliphatic heterocycles. The molecule has 0 saturated heterocycles. The number of methoxy groups -OCH3 is 1. The van der Waals surface area contributed by atoms with Crippen molar-refractivity contribution in [3.63, 3.8) is 0 Å². The van der Waals surface area contributed by atoms with Gasteiger partial charge in [-0.25, -0.2) is 0 Å². The smallest absolute Gasteiger partial charge is 0.130 e. The number of carbonyl (C=O) groups is 1. The molecular weight excluding hydrogens is 236 g/mol. The maximum absolute atomic E-state index is 11.8. The normalized spacial score (nSPS) is 18.3. The zero-order valence-corrected chi connectivity index (χ0v) is 12.2. The summed E-state index contributed by atoms with van der Waals surface area (Å²) >= 11 is 0. The second-order valence-corrected chi connectivity index (χ2v) is 5.95. The van der Waals surface area contributed by atoms with Crippen LogP contribution >= 0.6 is 0 Å². The first kappa shape index (κ1) is 14.1. The fourth-order valence-electron chi connectivity index (χ4n) is 3.11. The van der Waals surface area contributed by atoms with Gasteiger partial charge >= 0.3 is 0 Å². The molecule has 1 aliphatic carbocycles. The number of aldehydes is 1. The van der Waals surface area contributed by atoms with Gasteiger partial charge in [-0.1, -0.05) is 45.2 Å². The summed E-state index contributed by atoms with van der Waals surface area (Å²) in [4.78, 5) is 11.8. The molecule has 0 radical (unpaired) electrons. The molecule has 1 aliphatic rings. The Morgan fingerprint density at radius 3 is 2.42 bits per heavy atom. The van der Waals surface area contributed by atoms with E-state index in [1.165, 1.54) is 12.0 Å². The summed E-state index contributed by atoms with van der Waals surface area (Å²) in [7, 11) is 1.69. The highest BCUT2D eigenvalue weighted by molar-refractivity contribution is 5.71. The maximum atomic E-state index is 11.8. The minimum atomic E-state index is -0.325. The lowest BCUT2D eigenvalue weighted by molar-refractivity contribution is -0.113. The number of benzene rings is 1. The first-order valence-corrected chi connectivity index (χ1v) is 7.28. The summed E-state index contributed by atoms with van der Waals surface area (Å²) in [5.74, 6) is 1.33. The Kier molecular flexibility index (Phi) is 4.28. The van der Waals surface area contributed by atoms with Gasteiger partial charge in [0, 0.05) is 5.56 Å². The molecule has 0 amide bonds. The van der Waals surface area contributed by atoms with Crippen LogP contribution in [0.3, 0.4) is 0 Å². The van der Waals surface area contributed by atoms with E-state index in [4.69, 9.17) is 4.74 Å². The van der Waals surface area contributed by atoms with Crippen LogP contribution in [0.25, 0.3) is 0 Å². The standard InChI is InChI=1S/C17H24O2/c1-13(2)14-7-8-16(19-3)15(11-14)17(12-18)9-5-4-6-10-17/h7-8,11-13H,4-6,9-10H2,1-3H3. The van der Waals surface area contributed by atoms with Gasteiger partial charge in [0.15, 0.2) is 0 Å². The predicted octanol–water partition coefficient (Wildman–Crippen LogP) is 4.22. The van der Waals surface area contributed by atoms with Crippen molar-refractivity contribution in [1.29, 1.82) is 0 Å². The topological polar surface area (TPSA) is 26.3 Å². The van der Waals surface area contributed by atoms with E-state index >= 15 is 0 Å². The van der Waals surface area contributed by atoms with E-state index in [0.717, 1.165) is 43.3 Å². The van der Waals surface area contributed by atoms with Crippen molar-refractivity contribution in [2.24, 2.45) is 0 Å². The molecule has 0 N–H and O–H groups in total. The van der Waals surface area contributed by atoms with Gasteiger partial charge in [-0.3, -0.25) is 0 Å². The number of ether oxygens (including phenoxy) is 1. The van der Waals surface area contributed by atoms with Gasteiger partial charge in [-0.2, -0.15) is 0 Å². The molecule has 2 nitrogen and oxygen atoms in total. The Hall–Kier alpha value is -1.31. The molecule has 0 heterocycles. The summed E-state index contributed by atoms with van der Waals surface area (Å²) in [5, 5.41) is 0. The van der Waals surface area contributed by atoms with E-state index in [2.05, 4.69) is 26.0 Å². The van der Waals surface area contributed by atoms with Gasteiger partial charge in [0.25, 0.3) is 0 Å². The zero-order chi connectivity index (χ0) is 13.9. The van der Waals surface area contributed by atoms with Crippen LogP contribution in [0.1, 0.15) is 63.0 Å². The molecule has 1 aromatic carbocycles. The first-order chi connectivity index (χ1) is 9.13. The van der Waals surface area contributed by atoms with Crippen molar-refractivity contribution in [2.75, 3.05) is 7.11 Å². The summed E-state index contributed by atoms with van der Waals surface area (Å²) < 4.78 is 5.50. The second-order valence-electron chi connectivity index (χ2n) is 5.95. The van der Waals surface area contributed by atoms with E-state index in [1.807, 2.05) is 6.07 Å². The van der Waals surface area contributed by atoms with Crippen LogP contribution in [0.15, 0.2) is 18.2 Å². The number of rotatable bonds is 4. The fourth-order valence-corrected chi connectivity index (χ4v) is 3.11. The summed E-state index contributed by atoms with van der Waals surface area (Å²) in [6.45, 7) is 4.36. The molecule has 1 fully saturated rings. The SMILES string of the molecule is COc1ccc(C(C)C)cc1C1(C=O)CCCCC1. The third-order valence-corrected chi connectivity index (χ3v) is 4.40. The lowest BCUT2D eigenvalue weighted by atomic mass is 9.69. The third kappa shape index (κ3) is 2.68. The number of hydrogen-bond donors (Lipinski definition) is 0. The lowest BCUT2D eigenvalue weighted by Crippen LogP contribution is -2.31. The van der Waals surface area contributed by atoms with Crippen LogP contribution in [-0.4, -0.2) is 13.4 Å². The van der Waals surface area contributed by atoms with Gasteiger partial charge in [-0.05, 0) is 30.4 Å². The Labute approximate surface area is 116 Å². The van der Waals surface area contributed by atoms with Crippen LogP contribution in [-0.2, 0) is 10.2 Å². The fraction of sp³-hybridized carbons (Fsp3) is 0.588. The monoisotopic (exact) mass is 260 g/mol. The van der Waals surface area contributed by atoms with Gasteiger partial charge in [0.05, 0.1) is 12.5 Å². The van der Waals surface area contributed by atoms with Gasteiger partial charge in [0.1, 0.15) is 12.0 Å². The lowest BCUT2D eigenvalue weighted by Gasteiger charge is -2.34. The quantitative estimate of drug-likeness (QED) is 0.758. The first-order valence-electron chi connectivity index (χ1n) is 7.28. The number of carbonyl (C=O) groups excluding carboxylic acids is 1. The van der Waals surface area contributed by atoms with Crippen LogP contribution in [0.2, 0.25) is 0 Å². The molecule has 2 rings (SSSR count). The van der Waals surface area contributed by atoms with Crippen LogP contribution in [0.5, 0.6) is 5.75 Å². The van der Waals surface area contributed by atoms with Crippen LogP contribution < -0.4 is 4.74 Å².